The lowest BCUT2D eigenvalue weighted by Crippen LogP contribution is -2.50. The standard InChI is InChI=1S/C25H24FN3O4S2/c26-18-4-6-19(7-5-18)35(31,32)29-21-8-3-17(24(30)27-22-9-12-33-28-22)15-20(21)25(10-13-34-14-11-25)23(29)16-1-2-16/h3-9,12,15-16,23H,1-2,10-11,13-14H2,(H,27,28,30). The summed E-state index contributed by atoms with van der Waals surface area (Å²) in [6.07, 6.45) is 5.02. The summed E-state index contributed by atoms with van der Waals surface area (Å²) in [5.74, 6) is 1.63. The van der Waals surface area contributed by atoms with Gasteiger partial charge >= 0.3 is 0 Å². The molecule has 7 nitrogen and oxygen atoms in total. The summed E-state index contributed by atoms with van der Waals surface area (Å²) in [4.78, 5) is 13.1. The number of aromatic nitrogens is 1. The fraction of sp³-hybridized carbons (Fsp3) is 0.360. The molecule has 10 heteroatoms. The smallest absolute Gasteiger partial charge is 0.264 e. The van der Waals surface area contributed by atoms with Crippen molar-refractivity contribution in [3.63, 3.8) is 0 Å². The zero-order valence-electron chi connectivity index (χ0n) is 18.8. The van der Waals surface area contributed by atoms with E-state index in [9.17, 15) is 17.6 Å². The summed E-state index contributed by atoms with van der Waals surface area (Å²) in [7, 11) is -3.94. The van der Waals surface area contributed by atoms with E-state index in [2.05, 4.69) is 10.5 Å². The number of nitrogens with one attached hydrogen (secondary N) is 1. The van der Waals surface area contributed by atoms with E-state index in [-0.39, 0.29) is 28.2 Å². The molecular weight excluding hydrogens is 489 g/mol. The van der Waals surface area contributed by atoms with E-state index >= 15 is 0 Å². The molecule has 3 aromatic rings. The van der Waals surface area contributed by atoms with Gasteiger partial charge in [-0.2, -0.15) is 11.8 Å². The molecule has 2 aliphatic heterocycles. The highest BCUT2D eigenvalue weighted by Gasteiger charge is 2.59. The number of nitrogens with zero attached hydrogens (tertiary/aromatic N) is 2. The first-order valence-corrected chi connectivity index (χ1v) is 14.2. The topological polar surface area (TPSA) is 92.5 Å². The van der Waals surface area contributed by atoms with E-state index in [4.69, 9.17) is 4.52 Å². The Morgan fingerprint density at radius 2 is 1.86 bits per heavy atom. The van der Waals surface area contributed by atoms with Crippen molar-refractivity contribution in [2.24, 2.45) is 5.92 Å². The zero-order chi connectivity index (χ0) is 24.2. The Kier molecular flexibility index (Phi) is 5.41. The molecule has 0 bridgehead atoms. The lowest BCUT2D eigenvalue weighted by molar-refractivity contribution is 0.102. The predicted octanol–water partition coefficient (Wildman–Crippen LogP) is 4.82. The van der Waals surface area contributed by atoms with E-state index in [1.165, 1.54) is 30.5 Å². The SMILES string of the molecule is O=C(Nc1ccon1)c1ccc2c(c1)C1(CCSCC1)C(C1CC1)N2S(=O)(=O)c1ccc(F)cc1. The number of hydrogen-bond acceptors (Lipinski definition) is 6. The monoisotopic (exact) mass is 513 g/mol. The quantitative estimate of drug-likeness (QED) is 0.526. The number of thioether (sulfide) groups is 1. The molecule has 3 heterocycles. The average molecular weight is 514 g/mol. The van der Waals surface area contributed by atoms with Gasteiger partial charge in [0, 0.05) is 17.0 Å². The Labute approximate surface area is 207 Å². The van der Waals surface area contributed by atoms with Crippen molar-refractivity contribution >= 4 is 39.2 Å². The highest BCUT2D eigenvalue weighted by molar-refractivity contribution is 7.99. The van der Waals surface area contributed by atoms with Gasteiger partial charge in [-0.3, -0.25) is 9.10 Å². The van der Waals surface area contributed by atoms with E-state index in [1.807, 2.05) is 17.8 Å². The largest absolute Gasteiger partial charge is 0.363 e. The molecule has 1 aromatic heterocycles. The van der Waals surface area contributed by atoms with Crippen molar-refractivity contribution < 1.29 is 22.1 Å². The number of carbonyl (C=O) groups is 1. The van der Waals surface area contributed by atoms with Gasteiger partial charge < -0.3 is 9.84 Å². The van der Waals surface area contributed by atoms with Crippen molar-refractivity contribution in [3.8, 4) is 0 Å². The number of sulfonamides is 1. The molecule has 1 spiro atoms. The molecule has 1 saturated carbocycles. The van der Waals surface area contributed by atoms with Crippen LogP contribution in [0.1, 0.15) is 41.6 Å². The molecule has 1 N–H and O–H groups in total. The summed E-state index contributed by atoms with van der Waals surface area (Å²) < 4.78 is 48.0. The lowest BCUT2D eigenvalue weighted by atomic mass is 9.70. The number of halogens is 1. The van der Waals surface area contributed by atoms with Gasteiger partial charge in [0.05, 0.1) is 16.6 Å². The van der Waals surface area contributed by atoms with Gasteiger partial charge in [0.1, 0.15) is 12.1 Å². The lowest BCUT2D eigenvalue weighted by Gasteiger charge is -2.41. The molecule has 182 valence electrons. The summed E-state index contributed by atoms with van der Waals surface area (Å²) in [5.41, 5.74) is 1.61. The van der Waals surface area contributed by atoms with Crippen molar-refractivity contribution in [2.45, 2.75) is 42.0 Å². The van der Waals surface area contributed by atoms with E-state index in [0.717, 1.165) is 42.8 Å². The van der Waals surface area contributed by atoms with Gasteiger partial charge in [0.2, 0.25) is 0 Å². The maximum Gasteiger partial charge on any atom is 0.264 e. The van der Waals surface area contributed by atoms with Crippen molar-refractivity contribution in [3.05, 3.63) is 71.7 Å². The molecule has 1 amide bonds. The van der Waals surface area contributed by atoms with Crippen LogP contribution in [0.25, 0.3) is 0 Å². The fourth-order valence-corrected chi connectivity index (χ4v) is 8.64. The van der Waals surface area contributed by atoms with E-state index in [0.29, 0.717) is 17.1 Å². The Morgan fingerprint density at radius 3 is 2.51 bits per heavy atom. The summed E-state index contributed by atoms with van der Waals surface area (Å²) in [5, 5.41) is 6.47. The van der Waals surface area contributed by atoms with E-state index in [1.54, 1.807) is 22.5 Å². The first-order chi connectivity index (χ1) is 16.9. The van der Waals surface area contributed by atoms with Crippen LogP contribution in [0.4, 0.5) is 15.9 Å². The highest BCUT2D eigenvalue weighted by atomic mass is 32.2. The normalized spacial score (nSPS) is 21.2. The van der Waals surface area contributed by atoms with Gasteiger partial charge in [0.25, 0.3) is 15.9 Å². The van der Waals surface area contributed by atoms with Gasteiger partial charge in [-0.05, 0) is 91.1 Å². The van der Waals surface area contributed by atoms with Gasteiger partial charge in [0.15, 0.2) is 5.82 Å². The van der Waals surface area contributed by atoms with Crippen LogP contribution in [-0.2, 0) is 15.4 Å². The second-order valence-electron chi connectivity index (χ2n) is 9.38. The average Bonchev–Trinajstić information content (AvgIpc) is 3.49. The minimum absolute atomic E-state index is 0.0746. The number of benzene rings is 2. The molecule has 1 saturated heterocycles. The van der Waals surface area contributed by atoms with Crippen LogP contribution in [0.3, 0.4) is 0 Å². The van der Waals surface area contributed by atoms with Crippen molar-refractivity contribution in [2.75, 3.05) is 21.1 Å². The minimum Gasteiger partial charge on any atom is -0.363 e. The van der Waals surface area contributed by atoms with Crippen LogP contribution < -0.4 is 9.62 Å². The number of fused-ring (bicyclic) bond motifs is 2. The molecule has 2 aromatic carbocycles. The van der Waals surface area contributed by atoms with Crippen molar-refractivity contribution in [1.82, 2.24) is 5.16 Å². The minimum atomic E-state index is -3.94. The third kappa shape index (κ3) is 3.74. The van der Waals surface area contributed by atoms with Crippen LogP contribution in [0, 0.1) is 11.7 Å². The van der Waals surface area contributed by atoms with Crippen LogP contribution in [-0.4, -0.2) is 37.0 Å². The van der Waals surface area contributed by atoms with Gasteiger partial charge in [-0.25, -0.2) is 12.8 Å². The molecule has 1 aliphatic carbocycles. The van der Waals surface area contributed by atoms with Gasteiger partial charge in [-0.1, -0.05) is 5.16 Å². The number of hydrogen-bond donors (Lipinski definition) is 1. The number of rotatable bonds is 5. The molecule has 1 unspecified atom stereocenters. The van der Waals surface area contributed by atoms with Crippen molar-refractivity contribution in [1.29, 1.82) is 0 Å². The number of carbonyl (C=O) groups excluding carboxylic acids is 1. The molecule has 1 atom stereocenters. The first kappa shape index (κ1) is 22.6. The second-order valence-corrected chi connectivity index (χ2v) is 12.4. The molecule has 0 radical (unpaired) electrons. The number of amides is 1. The summed E-state index contributed by atoms with van der Waals surface area (Å²) in [6, 6.07) is 11.6. The van der Waals surface area contributed by atoms with Crippen LogP contribution in [0.2, 0.25) is 0 Å². The van der Waals surface area contributed by atoms with E-state index < -0.39 is 15.8 Å². The summed E-state index contributed by atoms with van der Waals surface area (Å²) in [6.45, 7) is 0. The Morgan fingerprint density at radius 1 is 1.11 bits per heavy atom. The first-order valence-electron chi connectivity index (χ1n) is 11.6. The number of anilines is 2. The molecule has 35 heavy (non-hydrogen) atoms. The Hall–Kier alpha value is -2.85. The third-order valence-corrected chi connectivity index (χ3v) is 10.2. The fourth-order valence-electron chi connectivity index (χ4n) is 5.62. The van der Waals surface area contributed by atoms with Crippen LogP contribution in [0.5, 0.6) is 0 Å². The molecular formula is C25H24FN3O4S2. The molecule has 3 aliphatic rings. The molecule has 6 rings (SSSR count). The zero-order valence-corrected chi connectivity index (χ0v) is 20.4. The molecule has 2 fully saturated rings. The summed E-state index contributed by atoms with van der Waals surface area (Å²) >= 11 is 1.88. The van der Waals surface area contributed by atoms with Crippen LogP contribution >= 0.6 is 11.8 Å². The second kappa shape index (κ2) is 8.37. The Balaban J connectivity index is 1.48. The van der Waals surface area contributed by atoms with Gasteiger partial charge in [-0.15, -0.1) is 0 Å². The predicted molar refractivity (Wildman–Crippen MR) is 132 cm³/mol. The van der Waals surface area contributed by atoms with Crippen LogP contribution in [0.15, 0.2) is 64.2 Å². The highest BCUT2D eigenvalue weighted by Crippen LogP contribution is 2.59. The Bertz CT molecular complexity index is 1370. The third-order valence-electron chi connectivity index (χ3n) is 7.35. The maximum atomic E-state index is 14.0. The maximum absolute atomic E-state index is 14.0.